The van der Waals surface area contributed by atoms with Crippen LogP contribution in [0, 0.1) is 11.3 Å². The van der Waals surface area contributed by atoms with E-state index in [1.807, 2.05) is 62.9 Å². The Balaban J connectivity index is 0.000000465. The molecule has 12 nitrogen and oxygen atoms in total. The first kappa shape index (κ1) is 44.1. The van der Waals surface area contributed by atoms with Gasteiger partial charge in [0.2, 0.25) is 24.0 Å². The molecule has 1 aliphatic heterocycles. The van der Waals surface area contributed by atoms with Gasteiger partial charge in [-0.25, -0.2) is 4.79 Å². The van der Waals surface area contributed by atoms with Crippen LogP contribution >= 0.6 is 0 Å². The summed E-state index contributed by atoms with van der Waals surface area (Å²) in [6.07, 6.45) is 15.0. The van der Waals surface area contributed by atoms with Crippen molar-refractivity contribution in [2.45, 2.75) is 143 Å². The van der Waals surface area contributed by atoms with Gasteiger partial charge in [0.1, 0.15) is 6.04 Å². The molecule has 6 N–H and O–H groups in total. The highest BCUT2D eigenvalue weighted by Gasteiger charge is 2.38. The van der Waals surface area contributed by atoms with Gasteiger partial charge >= 0.3 is 6.03 Å². The summed E-state index contributed by atoms with van der Waals surface area (Å²) in [4.78, 5) is 71.1. The summed E-state index contributed by atoms with van der Waals surface area (Å²) >= 11 is 0. The molecule has 282 valence electrons. The molecule has 3 unspecified atom stereocenters. The van der Waals surface area contributed by atoms with Crippen LogP contribution in [0.2, 0.25) is 0 Å². The van der Waals surface area contributed by atoms with E-state index in [0.29, 0.717) is 25.3 Å². The summed E-state index contributed by atoms with van der Waals surface area (Å²) < 4.78 is 0. The fourth-order valence-corrected chi connectivity index (χ4v) is 5.73. The maximum Gasteiger partial charge on any atom is 0.315 e. The average Bonchev–Trinajstić information content (AvgIpc) is 3.78. The zero-order valence-corrected chi connectivity index (χ0v) is 31.4. The number of amides is 6. The number of rotatable bonds is 12. The predicted octanol–water partition coefficient (Wildman–Crippen LogP) is 4.74. The third-order valence-corrected chi connectivity index (χ3v) is 8.84. The number of Topliss-reactive ketones (excluding diaryl/α,β-unsaturated/α-hetero) is 1. The molecule has 1 aromatic carbocycles. The van der Waals surface area contributed by atoms with Crippen molar-refractivity contribution in [3.05, 3.63) is 35.9 Å². The molecule has 1 aromatic rings. The van der Waals surface area contributed by atoms with Gasteiger partial charge in [0.25, 0.3) is 5.91 Å². The van der Waals surface area contributed by atoms with Crippen LogP contribution in [-0.4, -0.2) is 72.1 Å². The number of primary amides is 1. The van der Waals surface area contributed by atoms with Crippen molar-refractivity contribution >= 4 is 35.9 Å². The number of nitrogens with one attached hydrogen (secondary N) is 4. The van der Waals surface area contributed by atoms with Crippen molar-refractivity contribution < 1.29 is 28.8 Å². The zero-order valence-electron chi connectivity index (χ0n) is 31.4. The molecule has 4 rings (SSSR count). The molecule has 6 amide bonds. The topological polar surface area (TPSA) is 180 Å². The Hall–Kier alpha value is -3.96. The largest absolute Gasteiger partial charge is 0.363 e. The molecule has 0 bridgehead atoms. The first-order valence-corrected chi connectivity index (χ1v) is 18.4. The fourth-order valence-electron chi connectivity index (χ4n) is 5.73. The monoisotopic (exact) mass is 700 g/mol. The Morgan fingerprint density at radius 3 is 1.92 bits per heavy atom. The van der Waals surface area contributed by atoms with E-state index in [4.69, 9.17) is 5.73 Å². The minimum Gasteiger partial charge on any atom is -0.363 e. The molecule has 2 aliphatic carbocycles. The Morgan fingerprint density at radius 2 is 1.48 bits per heavy atom. The fraction of sp³-hybridized carbons (Fsp3) is 0.684. The summed E-state index contributed by atoms with van der Waals surface area (Å²) in [5.74, 6) is -1.60. The van der Waals surface area contributed by atoms with Crippen molar-refractivity contribution in [2.75, 3.05) is 13.1 Å². The van der Waals surface area contributed by atoms with Gasteiger partial charge in [-0.1, -0.05) is 123 Å². The van der Waals surface area contributed by atoms with E-state index in [1.54, 1.807) is 0 Å². The lowest BCUT2D eigenvalue weighted by Crippen LogP contribution is -2.57. The number of hydrogen-bond donors (Lipinski definition) is 5. The second kappa shape index (κ2) is 24.2. The number of nitrogens with two attached hydrogens (primary N) is 1. The molecule has 2 saturated carbocycles. The molecule has 0 spiro atoms. The molecule has 1 saturated heterocycles. The van der Waals surface area contributed by atoms with Crippen molar-refractivity contribution in [2.24, 2.45) is 17.1 Å². The first-order valence-electron chi connectivity index (χ1n) is 18.4. The summed E-state index contributed by atoms with van der Waals surface area (Å²) in [5, 5.41) is 10.4. The number of nitrogens with zero attached hydrogens (tertiary/aromatic N) is 1. The second-order valence-electron chi connectivity index (χ2n) is 14.5. The molecule has 50 heavy (non-hydrogen) atoms. The summed E-state index contributed by atoms with van der Waals surface area (Å²) in [6.45, 7) is 13.0. The van der Waals surface area contributed by atoms with Crippen LogP contribution in [-0.2, 0) is 30.5 Å². The molecule has 0 aromatic heterocycles. The van der Waals surface area contributed by atoms with Crippen LogP contribution in [0.3, 0.4) is 0 Å². The van der Waals surface area contributed by atoms with Gasteiger partial charge in [-0.15, -0.1) is 0 Å². The van der Waals surface area contributed by atoms with Crippen LogP contribution in [0.4, 0.5) is 4.79 Å². The van der Waals surface area contributed by atoms with Gasteiger partial charge in [0, 0.05) is 19.1 Å². The minimum absolute atomic E-state index is 0.0684. The second-order valence-corrected chi connectivity index (χ2v) is 14.5. The molecule has 3 atom stereocenters. The van der Waals surface area contributed by atoms with Crippen molar-refractivity contribution in [1.82, 2.24) is 26.2 Å². The van der Waals surface area contributed by atoms with E-state index in [9.17, 15) is 28.8 Å². The summed E-state index contributed by atoms with van der Waals surface area (Å²) in [5.41, 5.74) is 5.40. The lowest BCUT2D eigenvalue weighted by molar-refractivity contribution is -0.138. The quantitative estimate of drug-likeness (QED) is 0.155. The highest BCUT2D eigenvalue weighted by Crippen LogP contribution is 2.30. The van der Waals surface area contributed by atoms with Gasteiger partial charge in [-0.2, -0.15) is 0 Å². The van der Waals surface area contributed by atoms with Gasteiger partial charge in [0.15, 0.2) is 0 Å². The third-order valence-electron chi connectivity index (χ3n) is 8.84. The van der Waals surface area contributed by atoms with Crippen LogP contribution in [0.1, 0.15) is 124 Å². The Bertz CT molecular complexity index is 1170. The van der Waals surface area contributed by atoms with Gasteiger partial charge < -0.3 is 31.9 Å². The standard InChI is InChI=1S/C21H32N4O3.C9H14N2O3.C5H10.C3H8/c1-15-9-8-12-25(15)19(27)18(21(2,3)4)24-20(28)23-14-17(26)22-13-16-10-6-5-7-11-16;10-9(14)8(13)7(11-5-12)4-6-2-1-3-6;1-2-4-5-3-1;1-3-2/h5-7,10-11,15,18H,8-9,12-14H2,1-4H3,(H,22,26)(H2,23,24,28);5-7H,1-4H2,(H2,10,14)(H,11,12);1-5H2;3H2,1-2H3. The van der Waals surface area contributed by atoms with Crippen LogP contribution in [0.25, 0.3) is 0 Å². The van der Waals surface area contributed by atoms with Crippen LogP contribution < -0.4 is 27.0 Å². The van der Waals surface area contributed by atoms with E-state index >= 15 is 0 Å². The van der Waals surface area contributed by atoms with Crippen molar-refractivity contribution in [3.63, 3.8) is 0 Å². The number of carbonyl (C=O) groups is 6. The number of hydrogen-bond acceptors (Lipinski definition) is 6. The van der Waals surface area contributed by atoms with E-state index in [0.717, 1.165) is 44.2 Å². The normalized spacial score (nSPS) is 17.7. The predicted molar refractivity (Wildman–Crippen MR) is 197 cm³/mol. The molecule has 0 radical (unpaired) electrons. The molecular weight excluding hydrogens is 636 g/mol. The smallest absolute Gasteiger partial charge is 0.315 e. The highest BCUT2D eigenvalue weighted by molar-refractivity contribution is 6.37. The number of urea groups is 1. The SMILES string of the molecule is C1CCCC1.CC1CCCN1C(=O)C(NC(=O)NCC(=O)NCc1ccccc1)C(C)(C)C.CCC.NC(=O)C(=O)C(CC1CCC1)NC=O. The number of carbonyl (C=O) groups excluding carboxylic acids is 6. The molecule has 12 heteroatoms. The summed E-state index contributed by atoms with van der Waals surface area (Å²) in [6, 6.07) is 7.83. The number of ketones is 1. The van der Waals surface area contributed by atoms with Gasteiger partial charge in [0.05, 0.1) is 12.6 Å². The summed E-state index contributed by atoms with van der Waals surface area (Å²) in [7, 11) is 0. The molecule has 3 fully saturated rings. The maximum atomic E-state index is 12.9. The Labute approximate surface area is 299 Å². The van der Waals surface area contributed by atoms with Crippen LogP contribution in [0.5, 0.6) is 0 Å². The Morgan fingerprint density at radius 1 is 0.900 bits per heavy atom. The number of likely N-dealkylation sites (tertiary alicyclic amines) is 1. The molecule has 1 heterocycles. The highest BCUT2D eigenvalue weighted by atomic mass is 16.2. The zero-order chi connectivity index (χ0) is 37.5. The van der Waals surface area contributed by atoms with E-state index in [2.05, 4.69) is 35.1 Å². The lowest BCUT2D eigenvalue weighted by Gasteiger charge is -2.35. The average molecular weight is 701 g/mol. The molecular formula is C38H64N6O6. The van der Waals surface area contributed by atoms with E-state index in [1.165, 1.54) is 38.5 Å². The van der Waals surface area contributed by atoms with E-state index in [-0.39, 0.29) is 24.4 Å². The minimum atomic E-state index is -0.983. The van der Waals surface area contributed by atoms with Crippen LogP contribution in [0.15, 0.2) is 30.3 Å². The molecule has 3 aliphatic rings. The third kappa shape index (κ3) is 17.6. The van der Waals surface area contributed by atoms with Crippen molar-refractivity contribution in [3.8, 4) is 0 Å². The van der Waals surface area contributed by atoms with E-state index < -0.39 is 35.2 Å². The van der Waals surface area contributed by atoms with Gasteiger partial charge in [-0.05, 0) is 43.1 Å². The maximum absolute atomic E-state index is 12.9. The lowest BCUT2D eigenvalue weighted by atomic mass is 9.80. The number of benzene rings is 1. The Kier molecular flexibility index (Phi) is 21.4. The van der Waals surface area contributed by atoms with Gasteiger partial charge in [-0.3, -0.25) is 24.0 Å². The first-order chi connectivity index (χ1) is 23.7. The van der Waals surface area contributed by atoms with Crippen molar-refractivity contribution in [1.29, 1.82) is 0 Å².